The fourth-order valence-electron chi connectivity index (χ4n) is 2.67. The van der Waals surface area contributed by atoms with Gasteiger partial charge in [-0.2, -0.15) is 0 Å². The molecule has 25 heavy (non-hydrogen) atoms. The second kappa shape index (κ2) is 6.04. The van der Waals surface area contributed by atoms with E-state index in [0.717, 1.165) is 10.9 Å². The second-order valence-electron chi connectivity index (χ2n) is 5.40. The lowest BCUT2D eigenvalue weighted by Crippen LogP contribution is -2.30. The Kier molecular flexibility index (Phi) is 3.59. The number of hydrazine groups is 1. The highest BCUT2D eigenvalue weighted by molar-refractivity contribution is 6.06. The normalized spacial score (nSPS) is 10.7. The smallest absolute Gasteiger partial charge is 0.270 e. The summed E-state index contributed by atoms with van der Waals surface area (Å²) in [5.74, 6) is -0.323. The van der Waals surface area contributed by atoms with Gasteiger partial charge in [-0.05, 0) is 24.3 Å². The third-order valence-electron chi connectivity index (χ3n) is 3.82. The number of fused-ring (bicyclic) bond motifs is 2. The van der Waals surface area contributed by atoms with Crippen molar-refractivity contribution in [3.8, 4) is 0 Å². The maximum atomic E-state index is 12.6. The Balaban J connectivity index is 1.65. The summed E-state index contributed by atoms with van der Waals surface area (Å²) in [7, 11) is 0. The summed E-state index contributed by atoms with van der Waals surface area (Å²) in [6.07, 6.45) is 3.17. The maximum Gasteiger partial charge on any atom is 0.270 e. The predicted molar refractivity (Wildman–Crippen MR) is 95.2 cm³/mol. The number of aromatic amines is 1. The molecule has 0 bridgehead atoms. The third kappa shape index (κ3) is 2.78. The summed E-state index contributed by atoms with van der Waals surface area (Å²) in [5, 5.41) is 1.45. The van der Waals surface area contributed by atoms with Gasteiger partial charge in [0.05, 0.1) is 16.8 Å². The molecular weight excluding hydrogens is 318 g/mol. The van der Waals surface area contributed by atoms with Crippen LogP contribution in [0.15, 0.2) is 65.7 Å². The zero-order valence-electron chi connectivity index (χ0n) is 13.0. The minimum atomic E-state index is -0.323. The molecule has 7 nitrogen and oxygen atoms in total. The average Bonchev–Trinajstić information content (AvgIpc) is 2.65. The number of nitrogens with zero attached hydrogens (tertiary/aromatic N) is 2. The van der Waals surface area contributed by atoms with E-state index in [9.17, 15) is 9.59 Å². The Morgan fingerprint density at radius 1 is 0.960 bits per heavy atom. The van der Waals surface area contributed by atoms with Crippen molar-refractivity contribution in [2.45, 2.75) is 0 Å². The number of aromatic nitrogens is 3. The number of H-pyrrole nitrogens is 1. The molecule has 4 aromatic rings. The summed E-state index contributed by atoms with van der Waals surface area (Å²) in [4.78, 5) is 35.3. The van der Waals surface area contributed by atoms with Crippen molar-refractivity contribution in [3.05, 3.63) is 76.8 Å². The number of nitrogens with one attached hydrogen (secondary N) is 3. The zero-order chi connectivity index (χ0) is 17.2. The Labute approximate surface area is 141 Å². The molecule has 0 fully saturated rings. The molecular formula is C18H13N5O2. The van der Waals surface area contributed by atoms with Gasteiger partial charge < -0.3 is 4.98 Å². The highest BCUT2D eigenvalue weighted by atomic mass is 16.2. The molecule has 0 saturated heterocycles. The number of hydrogen-bond acceptors (Lipinski definition) is 5. The highest BCUT2D eigenvalue weighted by Crippen LogP contribution is 2.18. The molecule has 3 heterocycles. The monoisotopic (exact) mass is 331 g/mol. The molecule has 0 aliphatic rings. The van der Waals surface area contributed by atoms with Gasteiger partial charge in [0.15, 0.2) is 0 Å². The minimum absolute atomic E-state index is 0.308. The second-order valence-corrected chi connectivity index (χ2v) is 5.40. The van der Waals surface area contributed by atoms with Gasteiger partial charge in [0, 0.05) is 29.2 Å². The van der Waals surface area contributed by atoms with Gasteiger partial charge in [0.2, 0.25) is 0 Å². The van der Waals surface area contributed by atoms with Crippen LogP contribution in [0, 0.1) is 0 Å². The number of hydrogen-bond donors (Lipinski definition) is 3. The number of anilines is 1. The molecule has 0 unspecified atom stereocenters. The van der Waals surface area contributed by atoms with Crippen LogP contribution in [-0.2, 0) is 0 Å². The van der Waals surface area contributed by atoms with E-state index in [2.05, 4.69) is 25.8 Å². The summed E-state index contributed by atoms with van der Waals surface area (Å²) in [6.45, 7) is 0. The number of benzene rings is 1. The standard InChI is InChI=1S/C18H13N5O2/c24-16-10-15(13-5-3-8-20-17(13)21-16)22-23-18(25)12-7-9-19-14-6-2-1-4-11(12)14/h1-10H,(H,23,25)(H2,20,21,22,24). The Morgan fingerprint density at radius 3 is 2.72 bits per heavy atom. The summed E-state index contributed by atoms with van der Waals surface area (Å²) in [6, 6.07) is 14.0. The van der Waals surface area contributed by atoms with Crippen LogP contribution >= 0.6 is 0 Å². The maximum absolute atomic E-state index is 12.6. The quantitative estimate of drug-likeness (QED) is 0.500. The van der Waals surface area contributed by atoms with Crippen LogP contribution in [0.25, 0.3) is 21.9 Å². The van der Waals surface area contributed by atoms with Crippen molar-refractivity contribution in [3.63, 3.8) is 0 Å². The molecule has 122 valence electrons. The fraction of sp³-hybridized carbons (Fsp3) is 0. The Hall–Kier alpha value is -3.74. The van der Waals surface area contributed by atoms with Crippen LogP contribution < -0.4 is 16.4 Å². The molecule has 1 amide bonds. The van der Waals surface area contributed by atoms with Gasteiger partial charge in [0.1, 0.15) is 5.65 Å². The number of pyridine rings is 3. The largest absolute Gasteiger partial charge is 0.306 e. The van der Waals surface area contributed by atoms with Gasteiger partial charge >= 0.3 is 0 Å². The third-order valence-corrected chi connectivity index (χ3v) is 3.82. The lowest BCUT2D eigenvalue weighted by molar-refractivity contribution is 0.0964. The van der Waals surface area contributed by atoms with Crippen molar-refractivity contribution in [2.24, 2.45) is 0 Å². The highest BCUT2D eigenvalue weighted by Gasteiger charge is 2.11. The van der Waals surface area contributed by atoms with Gasteiger partial charge in [-0.1, -0.05) is 18.2 Å². The van der Waals surface area contributed by atoms with Gasteiger partial charge in [-0.25, -0.2) is 4.98 Å². The number of rotatable bonds is 3. The average molecular weight is 331 g/mol. The first-order chi connectivity index (χ1) is 12.2. The molecule has 4 rings (SSSR count). The Morgan fingerprint density at radius 2 is 1.80 bits per heavy atom. The lowest BCUT2D eigenvalue weighted by Gasteiger charge is -2.11. The first-order valence-electron chi connectivity index (χ1n) is 7.60. The lowest BCUT2D eigenvalue weighted by atomic mass is 10.1. The molecule has 0 spiro atoms. The first-order valence-corrected chi connectivity index (χ1v) is 7.60. The molecule has 7 heteroatoms. The number of carbonyl (C=O) groups is 1. The van der Waals surface area contributed by atoms with Crippen molar-refractivity contribution in [1.82, 2.24) is 20.4 Å². The van der Waals surface area contributed by atoms with E-state index in [1.165, 1.54) is 6.07 Å². The van der Waals surface area contributed by atoms with E-state index in [-0.39, 0.29) is 11.5 Å². The van der Waals surface area contributed by atoms with E-state index in [1.54, 1.807) is 30.6 Å². The zero-order valence-corrected chi connectivity index (χ0v) is 13.0. The fourth-order valence-corrected chi connectivity index (χ4v) is 2.67. The predicted octanol–water partition coefficient (Wildman–Crippen LogP) is 2.23. The Bertz CT molecular complexity index is 1150. The van der Waals surface area contributed by atoms with Gasteiger partial charge in [-0.15, -0.1) is 0 Å². The molecule has 1 aromatic carbocycles. The van der Waals surface area contributed by atoms with E-state index >= 15 is 0 Å². The minimum Gasteiger partial charge on any atom is -0.306 e. The molecule has 3 aromatic heterocycles. The van der Waals surface area contributed by atoms with Crippen molar-refractivity contribution < 1.29 is 4.79 Å². The molecule has 0 saturated carbocycles. The van der Waals surface area contributed by atoms with Crippen LogP contribution in [0.4, 0.5) is 5.69 Å². The van der Waals surface area contributed by atoms with Crippen LogP contribution in [0.5, 0.6) is 0 Å². The van der Waals surface area contributed by atoms with Gasteiger partial charge in [0.25, 0.3) is 11.5 Å². The summed E-state index contributed by atoms with van der Waals surface area (Å²) >= 11 is 0. The molecule has 3 N–H and O–H groups in total. The van der Waals surface area contributed by atoms with Crippen molar-refractivity contribution in [2.75, 3.05) is 5.43 Å². The van der Waals surface area contributed by atoms with Gasteiger partial charge in [-0.3, -0.25) is 25.4 Å². The first kappa shape index (κ1) is 14.8. The number of amides is 1. The van der Waals surface area contributed by atoms with E-state index in [0.29, 0.717) is 22.3 Å². The SMILES string of the molecule is O=C(NNc1cc(=O)[nH]c2ncccc12)c1ccnc2ccccc12. The van der Waals surface area contributed by atoms with Crippen LogP contribution in [0.1, 0.15) is 10.4 Å². The van der Waals surface area contributed by atoms with Crippen LogP contribution in [0.2, 0.25) is 0 Å². The molecule has 0 radical (unpaired) electrons. The van der Waals surface area contributed by atoms with Crippen molar-refractivity contribution in [1.29, 1.82) is 0 Å². The summed E-state index contributed by atoms with van der Waals surface area (Å²) in [5.41, 5.74) is 7.28. The van der Waals surface area contributed by atoms with Crippen LogP contribution in [-0.4, -0.2) is 20.9 Å². The molecule has 0 aliphatic carbocycles. The van der Waals surface area contributed by atoms with E-state index < -0.39 is 0 Å². The number of carbonyl (C=O) groups excluding carboxylic acids is 1. The van der Waals surface area contributed by atoms with E-state index in [4.69, 9.17) is 0 Å². The van der Waals surface area contributed by atoms with Crippen LogP contribution in [0.3, 0.4) is 0 Å². The topological polar surface area (TPSA) is 99.8 Å². The van der Waals surface area contributed by atoms with Crippen molar-refractivity contribution >= 4 is 33.5 Å². The molecule has 0 atom stereocenters. The number of para-hydroxylation sites is 1. The summed E-state index contributed by atoms with van der Waals surface area (Å²) < 4.78 is 0. The van der Waals surface area contributed by atoms with E-state index in [1.807, 2.05) is 24.3 Å². The molecule has 0 aliphatic heterocycles.